The molecule has 102 valence electrons. The SMILES string of the molecule is Cc1ncsc1CCOc1cc(F)ccc1[C@H](C)N. The lowest BCUT2D eigenvalue weighted by Gasteiger charge is -2.14. The Balaban J connectivity index is 2.03. The summed E-state index contributed by atoms with van der Waals surface area (Å²) in [4.78, 5) is 5.38. The number of ether oxygens (including phenoxy) is 1. The molecule has 0 saturated carbocycles. The first-order valence-electron chi connectivity index (χ1n) is 6.14. The smallest absolute Gasteiger partial charge is 0.126 e. The second-order valence-corrected chi connectivity index (χ2v) is 5.37. The van der Waals surface area contributed by atoms with Gasteiger partial charge in [-0.05, 0) is 19.9 Å². The van der Waals surface area contributed by atoms with Gasteiger partial charge in [-0.25, -0.2) is 9.37 Å². The Morgan fingerprint density at radius 2 is 2.26 bits per heavy atom. The summed E-state index contributed by atoms with van der Waals surface area (Å²) in [6, 6.07) is 4.28. The molecule has 0 aliphatic heterocycles. The molecule has 1 aromatic heterocycles. The van der Waals surface area contributed by atoms with E-state index >= 15 is 0 Å². The summed E-state index contributed by atoms with van der Waals surface area (Å²) in [5.74, 6) is 0.213. The van der Waals surface area contributed by atoms with Gasteiger partial charge in [-0.1, -0.05) is 6.07 Å². The third-order valence-corrected chi connectivity index (χ3v) is 3.89. The predicted octanol–water partition coefficient (Wildman–Crippen LogP) is 3.23. The lowest BCUT2D eigenvalue weighted by molar-refractivity contribution is 0.316. The first kappa shape index (κ1) is 14.0. The predicted molar refractivity (Wildman–Crippen MR) is 75.1 cm³/mol. The highest BCUT2D eigenvalue weighted by Crippen LogP contribution is 2.25. The summed E-state index contributed by atoms with van der Waals surface area (Å²) < 4.78 is 18.9. The van der Waals surface area contributed by atoms with Crippen LogP contribution in [0.1, 0.15) is 29.1 Å². The number of hydrogen-bond acceptors (Lipinski definition) is 4. The molecule has 1 heterocycles. The monoisotopic (exact) mass is 280 g/mol. The van der Waals surface area contributed by atoms with Gasteiger partial charge in [0.2, 0.25) is 0 Å². The van der Waals surface area contributed by atoms with Gasteiger partial charge in [-0.3, -0.25) is 0 Å². The number of halogens is 1. The van der Waals surface area contributed by atoms with Gasteiger partial charge in [0.05, 0.1) is 17.8 Å². The number of aromatic nitrogens is 1. The van der Waals surface area contributed by atoms with E-state index in [2.05, 4.69) is 4.98 Å². The molecule has 3 nitrogen and oxygen atoms in total. The molecule has 0 fully saturated rings. The van der Waals surface area contributed by atoms with Crippen molar-refractivity contribution in [1.29, 1.82) is 0 Å². The fourth-order valence-corrected chi connectivity index (χ4v) is 2.59. The second-order valence-electron chi connectivity index (χ2n) is 4.43. The van der Waals surface area contributed by atoms with Crippen LogP contribution >= 0.6 is 11.3 Å². The lowest BCUT2D eigenvalue weighted by Crippen LogP contribution is -2.10. The molecule has 0 radical (unpaired) electrons. The maximum absolute atomic E-state index is 13.2. The van der Waals surface area contributed by atoms with Gasteiger partial charge in [-0.2, -0.15) is 0 Å². The number of rotatable bonds is 5. The standard InChI is InChI=1S/C14H17FN2OS/c1-9(16)12-4-3-11(15)7-13(12)18-6-5-14-10(2)17-8-19-14/h3-4,7-9H,5-6,16H2,1-2H3/t9-/m0/s1. The van der Waals surface area contributed by atoms with Gasteiger partial charge in [0.15, 0.2) is 0 Å². The van der Waals surface area contributed by atoms with E-state index in [-0.39, 0.29) is 11.9 Å². The summed E-state index contributed by atoms with van der Waals surface area (Å²) in [5, 5.41) is 0. The Kier molecular flexibility index (Phi) is 4.50. The summed E-state index contributed by atoms with van der Waals surface area (Å²) >= 11 is 1.61. The van der Waals surface area contributed by atoms with Crippen LogP contribution in [0.2, 0.25) is 0 Å². The first-order valence-corrected chi connectivity index (χ1v) is 7.02. The van der Waals surface area contributed by atoms with E-state index < -0.39 is 0 Å². The summed E-state index contributed by atoms with van der Waals surface area (Å²) in [7, 11) is 0. The topological polar surface area (TPSA) is 48.1 Å². The van der Waals surface area contributed by atoms with E-state index in [1.54, 1.807) is 17.4 Å². The van der Waals surface area contributed by atoms with Crippen molar-refractivity contribution in [2.75, 3.05) is 6.61 Å². The van der Waals surface area contributed by atoms with Gasteiger partial charge in [0, 0.05) is 29.0 Å². The fourth-order valence-electron chi connectivity index (χ4n) is 1.83. The van der Waals surface area contributed by atoms with Crippen molar-refractivity contribution in [3.05, 3.63) is 45.7 Å². The third kappa shape index (κ3) is 3.52. The minimum absolute atomic E-state index is 0.180. The molecule has 2 aromatic rings. The fraction of sp³-hybridized carbons (Fsp3) is 0.357. The van der Waals surface area contributed by atoms with Gasteiger partial charge in [0.1, 0.15) is 11.6 Å². The number of nitrogens with zero attached hydrogens (tertiary/aromatic N) is 1. The highest BCUT2D eigenvalue weighted by atomic mass is 32.1. The van der Waals surface area contributed by atoms with E-state index in [1.807, 2.05) is 19.4 Å². The first-order chi connectivity index (χ1) is 9.08. The van der Waals surface area contributed by atoms with Crippen LogP contribution < -0.4 is 10.5 Å². The average Bonchev–Trinajstić information content (AvgIpc) is 2.75. The number of hydrogen-bond donors (Lipinski definition) is 1. The summed E-state index contributed by atoms with van der Waals surface area (Å²) in [6.45, 7) is 4.32. The number of nitrogens with two attached hydrogens (primary N) is 1. The third-order valence-electron chi connectivity index (χ3n) is 2.90. The molecule has 2 rings (SSSR count). The van der Waals surface area contributed by atoms with E-state index in [0.29, 0.717) is 12.4 Å². The molecule has 19 heavy (non-hydrogen) atoms. The van der Waals surface area contributed by atoms with Crippen LogP contribution in [0, 0.1) is 12.7 Å². The van der Waals surface area contributed by atoms with Crippen LogP contribution in [0.3, 0.4) is 0 Å². The molecular weight excluding hydrogens is 263 g/mol. The van der Waals surface area contributed by atoms with E-state index in [0.717, 1.165) is 17.7 Å². The molecule has 0 aliphatic rings. The highest BCUT2D eigenvalue weighted by Gasteiger charge is 2.10. The molecule has 1 aromatic carbocycles. The van der Waals surface area contributed by atoms with E-state index in [1.165, 1.54) is 17.0 Å². The summed E-state index contributed by atoms with van der Waals surface area (Å²) in [6.07, 6.45) is 0.769. The molecule has 1 atom stereocenters. The Morgan fingerprint density at radius 1 is 1.47 bits per heavy atom. The molecule has 0 amide bonds. The summed E-state index contributed by atoms with van der Waals surface area (Å²) in [5.41, 5.74) is 9.51. The van der Waals surface area contributed by atoms with Gasteiger partial charge < -0.3 is 10.5 Å². The Bertz CT molecular complexity index is 554. The van der Waals surface area contributed by atoms with Gasteiger partial charge >= 0.3 is 0 Å². The molecule has 0 aliphatic carbocycles. The van der Waals surface area contributed by atoms with Crippen LogP contribution in [-0.2, 0) is 6.42 Å². The van der Waals surface area contributed by atoms with Gasteiger partial charge in [-0.15, -0.1) is 11.3 Å². The minimum atomic E-state index is -0.312. The van der Waals surface area contributed by atoms with Crippen molar-refractivity contribution in [3.8, 4) is 5.75 Å². The maximum atomic E-state index is 13.2. The number of thiazole rings is 1. The van der Waals surface area contributed by atoms with Crippen molar-refractivity contribution >= 4 is 11.3 Å². The van der Waals surface area contributed by atoms with Gasteiger partial charge in [0.25, 0.3) is 0 Å². The quantitative estimate of drug-likeness (QED) is 0.914. The maximum Gasteiger partial charge on any atom is 0.126 e. The van der Waals surface area contributed by atoms with Crippen molar-refractivity contribution in [3.63, 3.8) is 0 Å². The normalized spacial score (nSPS) is 12.4. The van der Waals surface area contributed by atoms with Crippen molar-refractivity contribution < 1.29 is 9.13 Å². The van der Waals surface area contributed by atoms with Crippen LogP contribution in [0.25, 0.3) is 0 Å². The molecular formula is C14H17FN2OS. The minimum Gasteiger partial charge on any atom is -0.493 e. The molecule has 0 unspecified atom stereocenters. The van der Waals surface area contributed by atoms with Crippen LogP contribution in [0.4, 0.5) is 4.39 Å². The van der Waals surface area contributed by atoms with Crippen LogP contribution in [0.5, 0.6) is 5.75 Å². The van der Waals surface area contributed by atoms with Crippen molar-refractivity contribution in [2.24, 2.45) is 5.73 Å². The Labute approximate surface area is 116 Å². The van der Waals surface area contributed by atoms with E-state index in [9.17, 15) is 4.39 Å². The number of benzene rings is 1. The molecule has 5 heteroatoms. The highest BCUT2D eigenvalue weighted by molar-refractivity contribution is 7.09. The largest absolute Gasteiger partial charge is 0.493 e. The Hall–Kier alpha value is -1.46. The second kappa shape index (κ2) is 6.12. The Morgan fingerprint density at radius 3 is 2.89 bits per heavy atom. The molecule has 2 N–H and O–H groups in total. The zero-order valence-electron chi connectivity index (χ0n) is 11.0. The van der Waals surface area contributed by atoms with Crippen molar-refractivity contribution in [1.82, 2.24) is 4.98 Å². The molecule has 0 spiro atoms. The van der Waals surface area contributed by atoms with E-state index in [4.69, 9.17) is 10.5 Å². The number of aryl methyl sites for hydroxylation is 1. The lowest BCUT2D eigenvalue weighted by atomic mass is 10.1. The molecule has 0 saturated heterocycles. The van der Waals surface area contributed by atoms with Crippen LogP contribution in [0.15, 0.2) is 23.7 Å². The molecule has 0 bridgehead atoms. The zero-order valence-corrected chi connectivity index (χ0v) is 11.8. The van der Waals surface area contributed by atoms with Crippen molar-refractivity contribution in [2.45, 2.75) is 26.3 Å². The zero-order chi connectivity index (χ0) is 13.8. The average molecular weight is 280 g/mol. The van der Waals surface area contributed by atoms with Crippen LogP contribution in [-0.4, -0.2) is 11.6 Å².